The summed E-state index contributed by atoms with van der Waals surface area (Å²) in [5.41, 5.74) is 0.956. The van der Waals surface area contributed by atoms with Crippen LogP contribution in [0.4, 0.5) is 4.39 Å². The number of carbonyl (C=O) groups is 1. The van der Waals surface area contributed by atoms with E-state index in [1.54, 1.807) is 12.1 Å². The van der Waals surface area contributed by atoms with Gasteiger partial charge in [-0.15, -0.1) is 0 Å². The second-order valence-electron chi connectivity index (χ2n) is 3.94. The van der Waals surface area contributed by atoms with Gasteiger partial charge in [0.05, 0.1) is 17.7 Å². The first-order chi connectivity index (χ1) is 7.66. The van der Waals surface area contributed by atoms with Gasteiger partial charge in [0.2, 0.25) is 0 Å². The molecule has 1 aliphatic rings. The number of hydrogen-bond donors (Lipinski definition) is 0. The Kier molecular flexibility index (Phi) is 3.71. The van der Waals surface area contributed by atoms with Crippen LogP contribution in [-0.4, -0.2) is 19.0 Å². The fourth-order valence-electron chi connectivity index (χ4n) is 1.82. The van der Waals surface area contributed by atoms with Crippen molar-refractivity contribution in [2.24, 2.45) is 5.92 Å². The molecule has 1 atom stereocenters. The molecule has 16 heavy (non-hydrogen) atoms. The van der Waals surface area contributed by atoms with Crippen molar-refractivity contribution >= 4 is 21.7 Å². The summed E-state index contributed by atoms with van der Waals surface area (Å²) in [5.74, 6) is -0.118. The molecule has 0 amide bonds. The van der Waals surface area contributed by atoms with Gasteiger partial charge in [-0.1, -0.05) is 6.07 Å². The Morgan fingerprint density at radius 2 is 2.31 bits per heavy atom. The first-order valence-electron chi connectivity index (χ1n) is 5.21. The van der Waals surface area contributed by atoms with E-state index in [4.69, 9.17) is 4.74 Å². The summed E-state index contributed by atoms with van der Waals surface area (Å²) >= 11 is 3.13. The van der Waals surface area contributed by atoms with E-state index in [9.17, 15) is 9.18 Å². The lowest BCUT2D eigenvalue weighted by atomic mass is 9.93. The van der Waals surface area contributed by atoms with Crippen molar-refractivity contribution in [3.05, 3.63) is 34.1 Å². The van der Waals surface area contributed by atoms with Crippen LogP contribution in [0.3, 0.4) is 0 Å². The summed E-state index contributed by atoms with van der Waals surface area (Å²) in [6.07, 6.45) is 1.12. The SMILES string of the molecule is O=C1CCOCC1Cc1ccc(F)c(Br)c1. The van der Waals surface area contributed by atoms with Crippen LogP contribution < -0.4 is 0 Å². The molecule has 0 radical (unpaired) electrons. The molecule has 2 rings (SSSR count). The van der Waals surface area contributed by atoms with E-state index >= 15 is 0 Å². The minimum Gasteiger partial charge on any atom is -0.380 e. The predicted octanol–water partition coefficient (Wildman–Crippen LogP) is 2.74. The first-order valence-corrected chi connectivity index (χ1v) is 6.00. The Labute approximate surface area is 102 Å². The van der Waals surface area contributed by atoms with Crippen molar-refractivity contribution in [2.45, 2.75) is 12.8 Å². The van der Waals surface area contributed by atoms with Gasteiger partial charge >= 0.3 is 0 Å². The van der Waals surface area contributed by atoms with Crippen LogP contribution >= 0.6 is 15.9 Å². The molecule has 1 aliphatic heterocycles. The van der Waals surface area contributed by atoms with E-state index in [-0.39, 0.29) is 17.5 Å². The molecule has 1 heterocycles. The molecule has 2 nitrogen and oxygen atoms in total. The van der Waals surface area contributed by atoms with E-state index in [1.165, 1.54) is 6.07 Å². The summed E-state index contributed by atoms with van der Waals surface area (Å²) in [6.45, 7) is 1.01. The standard InChI is InChI=1S/C12H12BrFO2/c13-10-6-8(1-2-11(10)14)5-9-7-16-4-3-12(9)15/h1-2,6,9H,3-5,7H2. The number of Topliss-reactive ketones (excluding diaryl/α,β-unsaturated/α-hetero) is 1. The predicted molar refractivity (Wildman–Crippen MR) is 61.7 cm³/mol. The van der Waals surface area contributed by atoms with Crippen LogP contribution in [0.5, 0.6) is 0 Å². The summed E-state index contributed by atoms with van der Waals surface area (Å²) < 4.78 is 18.7. The Morgan fingerprint density at radius 1 is 1.50 bits per heavy atom. The lowest BCUT2D eigenvalue weighted by molar-refractivity contribution is -0.130. The van der Waals surface area contributed by atoms with Crippen LogP contribution in [0, 0.1) is 11.7 Å². The highest BCUT2D eigenvalue weighted by molar-refractivity contribution is 9.10. The van der Waals surface area contributed by atoms with Crippen molar-refractivity contribution in [3.8, 4) is 0 Å². The molecular weight excluding hydrogens is 275 g/mol. The minimum atomic E-state index is -0.282. The fraction of sp³-hybridized carbons (Fsp3) is 0.417. The molecule has 86 valence electrons. The third-order valence-electron chi connectivity index (χ3n) is 2.73. The average Bonchev–Trinajstić information content (AvgIpc) is 2.27. The van der Waals surface area contributed by atoms with Crippen molar-refractivity contribution in [2.75, 3.05) is 13.2 Å². The number of benzene rings is 1. The normalized spacial score (nSPS) is 21.1. The largest absolute Gasteiger partial charge is 0.380 e. The van der Waals surface area contributed by atoms with Crippen molar-refractivity contribution < 1.29 is 13.9 Å². The van der Waals surface area contributed by atoms with Gasteiger partial charge in [-0.05, 0) is 40.0 Å². The molecule has 1 aromatic rings. The quantitative estimate of drug-likeness (QED) is 0.836. The van der Waals surface area contributed by atoms with E-state index in [2.05, 4.69) is 15.9 Å². The van der Waals surface area contributed by atoms with Gasteiger partial charge in [-0.3, -0.25) is 4.79 Å². The fourth-order valence-corrected chi connectivity index (χ4v) is 2.25. The van der Waals surface area contributed by atoms with E-state index < -0.39 is 0 Å². The second kappa shape index (κ2) is 5.06. The maximum atomic E-state index is 13.0. The molecule has 0 aromatic heterocycles. The Bertz CT molecular complexity index is 406. The van der Waals surface area contributed by atoms with Crippen LogP contribution in [-0.2, 0) is 16.0 Å². The summed E-state index contributed by atoms with van der Waals surface area (Å²) in [4.78, 5) is 11.6. The zero-order chi connectivity index (χ0) is 11.5. The van der Waals surface area contributed by atoms with Gasteiger partial charge in [-0.2, -0.15) is 0 Å². The van der Waals surface area contributed by atoms with E-state index in [1.807, 2.05) is 0 Å². The number of carbonyl (C=O) groups excluding carboxylic acids is 1. The number of ketones is 1. The number of hydrogen-bond acceptors (Lipinski definition) is 2. The first kappa shape index (κ1) is 11.7. The maximum Gasteiger partial charge on any atom is 0.140 e. The highest BCUT2D eigenvalue weighted by atomic mass is 79.9. The third kappa shape index (κ3) is 2.68. The van der Waals surface area contributed by atoms with Crippen molar-refractivity contribution in [1.82, 2.24) is 0 Å². The lowest BCUT2D eigenvalue weighted by Crippen LogP contribution is -2.29. The Morgan fingerprint density at radius 3 is 3.00 bits per heavy atom. The number of ether oxygens (including phenoxy) is 1. The van der Waals surface area contributed by atoms with Crippen molar-refractivity contribution in [3.63, 3.8) is 0 Å². The topological polar surface area (TPSA) is 26.3 Å². The molecular formula is C12H12BrFO2. The van der Waals surface area contributed by atoms with Gasteiger partial charge in [0.15, 0.2) is 0 Å². The molecule has 0 bridgehead atoms. The number of rotatable bonds is 2. The molecule has 0 N–H and O–H groups in total. The van der Waals surface area contributed by atoms with Crippen molar-refractivity contribution in [1.29, 1.82) is 0 Å². The molecule has 1 aromatic carbocycles. The Hall–Kier alpha value is -0.740. The molecule has 4 heteroatoms. The number of halogens is 2. The van der Waals surface area contributed by atoms with Gasteiger partial charge in [-0.25, -0.2) is 4.39 Å². The van der Waals surface area contributed by atoms with Crippen LogP contribution in [0.2, 0.25) is 0 Å². The van der Waals surface area contributed by atoms with Gasteiger partial charge < -0.3 is 4.74 Å². The van der Waals surface area contributed by atoms with Gasteiger partial charge in [0.1, 0.15) is 11.6 Å². The summed E-state index contributed by atoms with van der Waals surface area (Å²) in [5, 5.41) is 0. The molecule has 0 aliphatic carbocycles. The van der Waals surface area contributed by atoms with Gasteiger partial charge in [0, 0.05) is 12.3 Å². The van der Waals surface area contributed by atoms with E-state index in [0.717, 1.165) is 5.56 Å². The summed E-state index contributed by atoms with van der Waals surface area (Å²) in [6, 6.07) is 4.84. The molecule has 1 fully saturated rings. The second-order valence-corrected chi connectivity index (χ2v) is 4.80. The maximum absolute atomic E-state index is 13.0. The molecule has 0 spiro atoms. The highest BCUT2D eigenvalue weighted by Crippen LogP contribution is 2.21. The average molecular weight is 287 g/mol. The third-order valence-corrected chi connectivity index (χ3v) is 3.34. The Balaban J connectivity index is 2.08. The van der Waals surface area contributed by atoms with Crippen LogP contribution in [0.1, 0.15) is 12.0 Å². The zero-order valence-corrected chi connectivity index (χ0v) is 10.3. The lowest BCUT2D eigenvalue weighted by Gasteiger charge is -2.20. The monoisotopic (exact) mass is 286 g/mol. The van der Waals surface area contributed by atoms with Gasteiger partial charge in [0.25, 0.3) is 0 Å². The summed E-state index contributed by atoms with van der Waals surface area (Å²) in [7, 11) is 0. The zero-order valence-electron chi connectivity index (χ0n) is 8.71. The smallest absolute Gasteiger partial charge is 0.140 e. The molecule has 1 unspecified atom stereocenters. The van der Waals surface area contributed by atoms with Crippen LogP contribution in [0.15, 0.2) is 22.7 Å². The minimum absolute atomic E-state index is 0.0777. The highest BCUT2D eigenvalue weighted by Gasteiger charge is 2.23. The van der Waals surface area contributed by atoms with E-state index in [0.29, 0.717) is 30.5 Å². The molecule has 1 saturated heterocycles. The van der Waals surface area contributed by atoms with Crippen LogP contribution in [0.25, 0.3) is 0 Å². The molecule has 0 saturated carbocycles.